The van der Waals surface area contributed by atoms with Crippen LogP contribution in [0, 0.1) is 0 Å². The third-order valence-corrected chi connectivity index (χ3v) is 1.94. The van der Waals surface area contributed by atoms with Gasteiger partial charge in [-0.15, -0.1) is 0 Å². The smallest absolute Gasteiger partial charge is 0.157 e. The summed E-state index contributed by atoms with van der Waals surface area (Å²) in [4.78, 5) is 7.72. The maximum atomic E-state index is 5.73. The highest BCUT2D eigenvalue weighted by atomic mass is 35.5. The lowest BCUT2D eigenvalue weighted by atomic mass is 10.3. The fourth-order valence-electron chi connectivity index (χ4n) is 1.01. The summed E-state index contributed by atoms with van der Waals surface area (Å²) in [6.07, 6.45) is 1.36. The molecule has 1 atom stereocenters. The molecule has 0 amide bonds. The molecule has 5 nitrogen and oxygen atoms in total. The second kappa shape index (κ2) is 4.97. The number of aromatic nitrogens is 2. The molecule has 1 heterocycles. The number of ether oxygens (including phenoxy) is 1. The lowest BCUT2D eigenvalue weighted by Gasteiger charge is -2.14. The maximum absolute atomic E-state index is 5.73. The van der Waals surface area contributed by atoms with Gasteiger partial charge in [0.15, 0.2) is 11.0 Å². The Morgan fingerprint density at radius 1 is 1.64 bits per heavy atom. The molecule has 0 aliphatic heterocycles. The molecule has 0 aliphatic rings. The number of nitrogens with one attached hydrogen (secondary N) is 1. The SMILES string of the molecule is COCC(C)Nc1ncnc(Cl)c1N. The van der Waals surface area contributed by atoms with Crippen molar-refractivity contribution in [2.75, 3.05) is 24.8 Å². The van der Waals surface area contributed by atoms with E-state index in [9.17, 15) is 0 Å². The summed E-state index contributed by atoms with van der Waals surface area (Å²) in [6, 6.07) is 0.119. The number of hydrogen-bond acceptors (Lipinski definition) is 5. The first-order valence-corrected chi connectivity index (χ1v) is 4.54. The van der Waals surface area contributed by atoms with E-state index in [2.05, 4.69) is 15.3 Å². The third kappa shape index (κ3) is 2.71. The second-order valence-electron chi connectivity index (χ2n) is 2.93. The van der Waals surface area contributed by atoms with E-state index in [-0.39, 0.29) is 11.2 Å². The highest BCUT2D eigenvalue weighted by Crippen LogP contribution is 2.22. The van der Waals surface area contributed by atoms with Crippen LogP contribution in [0.2, 0.25) is 5.15 Å². The van der Waals surface area contributed by atoms with Crippen LogP contribution in [0.4, 0.5) is 11.5 Å². The molecule has 1 aromatic rings. The van der Waals surface area contributed by atoms with E-state index in [0.717, 1.165) is 0 Å². The number of nitrogens with two attached hydrogens (primary N) is 1. The van der Waals surface area contributed by atoms with Gasteiger partial charge in [0.25, 0.3) is 0 Å². The predicted molar refractivity (Wildman–Crippen MR) is 56.4 cm³/mol. The predicted octanol–water partition coefficient (Wildman–Crippen LogP) is 1.16. The Bertz CT molecular complexity index is 307. The highest BCUT2D eigenvalue weighted by molar-refractivity contribution is 6.32. The molecule has 6 heteroatoms. The van der Waals surface area contributed by atoms with Crippen LogP contribution in [0.15, 0.2) is 6.33 Å². The summed E-state index contributed by atoms with van der Waals surface area (Å²) in [7, 11) is 1.63. The number of hydrogen-bond donors (Lipinski definition) is 2. The van der Waals surface area contributed by atoms with Crippen LogP contribution in [0.25, 0.3) is 0 Å². The Morgan fingerprint density at radius 3 is 3.00 bits per heavy atom. The zero-order valence-electron chi connectivity index (χ0n) is 8.12. The van der Waals surface area contributed by atoms with Gasteiger partial charge in [0.2, 0.25) is 0 Å². The molecule has 14 heavy (non-hydrogen) atoms. The minimum atomic E-state index is 0.119. The molecule has 1 rings (SSSR count). The average Bonchev–Trinajstić information content (AvgIpc) is 2.13. The molecule has 1 unspecified atom stereocenters. The largest absolute Gasteiger partial charge is 0.393 e. The first-order valence-electron chi connectivity index (χ1n) is 4.16. The van der Waals surface area contributed by atoms with E-state index in [1.54, 1.807) is 7.11 Å². The second-order valence-corrected chi connectivity index (χ2v) is 3.29. The van der Waals surface area contributed by atoms with Crippen molar-refractivity contribution in [3.63, 3.8) is 0 Å². The summed E-state index contributed by atoms with van der Waals surface area (Å²) in [5.74, 6) is 0.537. The average molecular weight is 217 g/mol. The van der Waals surface area contributed by atoms with Crippen molar-refractivity contribution < 1.29 is 4.74 Å². The quantitative estimate of drug-likeness (QED) is 0.739. The van der Waals surface area contributed by atoms with Gasteiger partial charge in [-0.1, -0.05) is 11.6 Å². The number of rotatable bonds is 4. The molecule has 78 valence electrons. The van der Waals surface area contributed by atoms with E-state index in [1.807, 2.05) is 6.92 Å². The Balaban J connectivity index is 2.71. The van der Waals surface area contributed by atoms with E-state index >= 15 is 0 Å². The Kier molecular flexibility index (Phi) is 3.91. The van der Waals surface area contributed by atoms with Gasteiger partial charge >= 0.3 is 0 Å². The minimum Gasteiger partial charge on any atom is -0.393 e. The van der Waals surface area contributed by atoms with Crippen molar-refractivity contribution in [3.8, 4) is 0 Å². The van der Waals surface area contributed by atoms with Crippen molar-refractivity contribution in [1.29, 1.82) is 0 Å². The molecule has 0 aromatic carbocycles. The third-order valence-electron chi connectivity index (χ3n) is 1.64. The van der Waals surface area contributed by atoms with Crippen molar-refractivity contribution in [2.24, 2.45) is 0 Å². The Hall–Kier alpha value is -1.07. The number of anilines is 2. The molecule has 0 saturated heterocycles. The van der Waals surface area contributed by atoms with Gasteiger partial charge < -0.3 is 15.8 Å². The summed E-state index contributed by atoms with van der Waals surface area (Å²) < 4.78 is 4.97. The molecular formula is C8H13ClN4O. The molecule has 0 radical (unpaired) electrons. The van der Waals surface area contributed by atoms with Crippen LogP contribution >= 0.6 is 11.6 Å². The molecule has 0 fully saturated rings. The van der Waals surface area contributed by atoms with Gasteiger partial charge in [0.05, 0.1) is 6.61 Å². The van der Waals surface area contributed by atoms with Crippen LogP contribution in [-0.4, -0.2) is 29.7 Å². The van der Waals surface area contributed by atoms with Gasteiger partial charge in [0.1, 0.15) is 12.0 Å². The normalized spacial score (nSPS) is 12.5. The summed E-state index contributed by atoms with van der Waals surface area (Å²) in [5, 5.41) is 3.32. The zero-order chi connectivity index (χ0) is 10.6. The molecular weight excluding hydrogens is 204 g/mol. The first kappa shape index (κ1) is 11.0. The topological polar surface area (TPSA) is 73.1 Å². The monoisotopic (exact) mass is 216 g/mol. The molecule has 3 N–H and O–H groups in total. The van der Waals surface area contributed by atoms with E-state index < -0.39 is 0 Å². The van der Waals surface area contributed by atoms with Crippen LogP contribution < -0.4 is 11.1 Å². The highest BCUT2D eigenvalue weighted by Gasteiger charge is 2.08. The van der Waals surface area contributed by atoms with E-state index in [4.69, 9.17) is 22.1 Å². The van der Waals surface area contributed by atoms with Crippen LogP contribution in [-0.2, 0) is 4.74 Å². The molecule has 1 aromatic heterocycles. The lowest BCUT2D eigenvalue weighted by molar-refractivity contribution is 0.190. The molecule has 0 spiro atoms. The maximum Gasteiger partial charge on any atom is 0.157 e. The van der Waals surface area contributed by atoms with Gasteiger partial charge in [-0.3, -0.25) is 0 Å². The van der Waals surface area contributed by atoms with Gasteiger partial charge in [0, 0.05) is 13.2 Å². The minimum absolute atomic E-state index is 0.119. The van der Waals surface area contributed by atoms with Crippen molar-refractivity contribution >= 4 is 23.1 Å². The number of nitrogen functional groups attached to an aromatic ring is 1. The lowest BCUT2D eigenvalue weighted by Crippen LogP contribution is -2.22. The van der Waals surface area contributed by atoms with Gasteiger partial charge in [-0.2, -0.15) is 0 Å². The fraction of sp³-hybridized carbons (Fsp3) is 0.500. The first-order chi connectivity index (χ1) is 6.65. The van der Waals surface area contributed by atoms with E-state index in [0.29, 0.717) is 18.1 Å². The van der Waals surface area contributed by atoms with Crippen LogP contribution in [0.3, 0.4) is 0 Å². The van der Waals surface area contributed by atoms with Crippen LogP contribution in [0.1, 0.15) is 6.92 Å². The number of methoxy groups -OCH3 is 1. The summed E-state index contributed by atoms with van der Waals surface area (Å²) >= 11 is 5.73. The van der Waals surface area contributed by atoms with E-state index in [1.165, 1.54) is 6.33 Å². The fourth-order valence-corrected chi connectivity index (χ4v) is 1.15. The van der Waals surface area contributed by atoms with Crippen molar-refractivity contribution in [3.05, 3.63) is 11.5 Å². The molecule has 0 aliphatic carbocycles. The standard InChI is InChI=1S/C8H13ClN4O/c1-5(3-14-2)13-8-6(10)7(9)11-4-12-8/h4-5H,3,10H2,1-2H3,(H,11,12,13). The van der Waals surface area contributed by atoms with Gasteiger partial charge in [-0.25, -0.2) is 9.97 Å². The summed E-state index contributed by atoms with van der Waals surface area (Å²) in [5.41, 5.74) is 6.03. The Morgan fingerprint density at radius 2 is 2.36 bits per heavy atom. The Labute approximate surface area is 87.6 Å². The number of halogens is 1. The molecule has 0 bridgehead atoms. The number of nitrogens with zero attached hydrogens (tertiary/aromatic N) is 2. The van der Waals surface area contributed by atoms with Crippen LogP contribution in [0.5, 0.6) is 0 Å². The molecule has 0 saturated carbocycles. The van der Waals surface area contributed by atoms with Crippen molar-refractivity contribution in [2.45, 2.75) is 13.0 Å². The summed E-state index contributed by atoms with van der Waals surface area (Å²) in [6.45, 7) is 2.53. The zero-order valence-corrected chi connectivity index (χ0v) is 8.88. The van der Waals surface area contributed by atoms with Gasteiger partial charge in [-0.05, 0) is 6.92 Å². The van der Waals surface area contributed by atoms with Crippen molar-refractivity contribution in [1.82, 2.24) is 9.97 Å².